The lowest BCUT2D eigenvalue weighted by Crippen LogP contribution is -2.24. The molecule has 0 radical (unpaired) electrons. The Morgan fingerprint density at radius 3 is 3.08 bits per heavy atom. The predicted octanol–water partition coefficient (Wildman–Crippen LogP) is -0.732. The van der Waals surface area contributed by atoms with Gasteiger partial charge < -0.3 is 5.32 Å². The van der Waals surface area contributed by atoms with Gasteiger partial charge in [0.25, 0.3) is 0 Å². The van der Waals surface area contributed by atoms with Crippen LogP contribution in [0.4, 0.5) is 0 Å². The van der Waals surface area contributed by atoms with Crippen molar-refractivity contribution >= 4 is 5.91 Å². The van der Waals surface area contributed by atoms with Crippen LogP contribution in [0.2, 0.25) is 0 Å². The van der Waals surface area contributed by atoms with Crippen LogP contribution in [-0.2, 0) is 11.2 Å². The Morgan fingerprint density at radius 1 is 1.67 bits per heavy atom. The van der Waals surface area contributed by atoms with Crippen LogP contribution in [0, 0.1) is 0 Å². The maximum absolute atomic E-state index is 10.8. The van der Waals surface area contributed by atoms with E-state index in [4.69, 9.17) is 0 Å². The summed E-state index contributed by atoms with van der Waals surface area (Å²) in [5, 5.41) is 15.8. The summed E-state index contributed by atoms with van der Waals surface area (Å²) in [5.74, 6) is 0.730. The minimum atomic E-state index is 0.0440. The Labute approximate surface area is 69.7 Å². The minimum Gasteiger partial charge on any atom is -0.356 e. The number of hydrogen-bond donors (Lipinski definition) is 2. The fourth-order valence-corrected chi connectivity index (χ4v) is 0.730. The van der Waals surface area contributed by atoms with E-state index in [9.17, 15) is 4.79 Å². The number of hydrogen-bond acceptors (Lipinski definition) is 4. The van der Waals surface area contributed by atoms with E-state index in [0.29, 0.717) is 25.2 Å². The molecule has 0 atom stereocenters. The molecule has 12 heavy (non-hydrogen) atoms. The fraction of sp³-hybridized carbons (Fsp3) is 0.667. The molecule has 1 aromatic heterocycles. The van der Waals surface area contributed by atoms with Crippen molar-refractivity contribution in [2.75, 3.05) is 6.54 Å². The van der Waals surface area contributed by atoms with Crippen LogP contribution in [0.3, 0.4) is 0 Å². The number of aromatic amines is 1. The average Bonchev–Trinajstić information content (AvgIpc) is 2.57. The third-order valence-corrected chi connectivity index (χ3v) is 1.39. The van der Waals surface area contributed by atoms with Crippen molar-refractivity contribution in [2.45, 2.75) is 19.8 Å². The van der Waals surface area contributed by atoms with E-state index in [1.807, 2.05) is 6.92 Å². The summed E-state index contributed by atoms with van der Waals surface area (Å²) >= 11 is 0. The van der Waals surface area contributed by atoms with Crippen LogP contribution in [0.5, 0.6) is 0 Å². The first-order valence-corrected chi connectivity index (χ1v) is 3.82. The third-order valence-electron chi connectivity index (χ3n) is 1.39. The van der Waals surface area contributed by atoms with Crippen LogP contribution >= 0.6 is 0 Å². The zero-order valence-corrected chi connectivity index (χ0v) is 6.87. The first kappa shape index (κ1) is 8.63. The smallest absolute Gasteiger partial charge is 0.219 e. The zero-order valence-electron chi connectivity index (χ0n) is 6.87. The number of rotatable bonds is 4. The Hall–Kier alpha value is -1.46. The van der Waals surface area contributed by atoms with Gasteiger partial charge in [-0.15, -0.1) is 5.10 Å². The van der Waals surface area contributed by atoms with Gasteiger partial charge in [0.2, 0.25) is 5.91 Å². The van der Waals surface area contributed by atoms with Crippen molar-refractivity contribution < 1.29 is 4.79 Å². The van der Waals surface area contributed by atoms with Gasteiger partial charge in [-0.1, -0.05) is 6.92 Å². The highest BCUT2D eigenvalue weighted by molar-refractivity contribution is 5.75. The van der Waals surface area contributed by atoms with E-state index < -0.39 is 0 Å². The predicted molar refractivity (Wildman–Crippen MR) is 41.2 cm³/mol. The Kier molecular flexibility index (Phi) is 3.18. The van der Waals surface area contributed by atoms with Crippen LogP contribution in [0.1, 0.15) is 19.2 Å². The molecule has 0 fully saturated rings. The largest absolute Gasteiger partial charge is 0.356 e. The molecule has 0 saturated heterocycles. The van der Waals surface area contributed by atoms with Crippen molar-refractivity contribution in [3.63, 3.8) is 0 Å². The molecule has 1 amide bonds. The number of nitrogens with zero attached hydrogens (tertiary/aromatic N) is 3. The molecule has 1 aromatic rings. The highest BCUT2D eigenvalue weighted by Gasteiger charge is 1.98. The molecule has 2 N–H and O–H groups in total. The lowest BCUT2D eigenvalue weighted by atomic mass is 10.4. The van der Waals surface area contributed by atoms with Crippen LogP contribution < -0.4 is 5.32 Å². The summed E-state index contributed by atoms with van der Waals surface area (Å²) in [4.78, 5) is 10.8. The molecule has 0 bridgehead atoms. The quantitative estimate of drug-likeness (QED) is 0.622. The van der Waals surface area contributed by atoms with Crippen LogP contribution in [0.15, 0.2) is 0 Å². The van der Waals surface area contributed by atoms with E-state index in [-0.39, 0.29) is 5.91 Å². The number of nitrogens with one attached hydrogen (secondary N) is 2. The molecular weight excluding hydrogens is 158 g/mol. The van der Waals surface area contributed by atoms with Gasteiger partial charge in [-0.3, -0.25) is 4.79 Å². The molecule has 1 heterocycles. The van der Waals surface area contributed by atoms with Gasteiger partial charge >= 0.3 is 0 Å². The SMILES string of the molecule is CCC(=O)NCCc1nnn[nH]1. The molecule has 0 saturated carbocycles. The van der Waals surface area contributed by atoms with E-state index in [2.05, 4.69) is 25.9 Å². The molecule has 0 aliphatic rings. The van der Waals surface area contributed by atoms with Crippen molar-refractivity contribution in [3.05, 3.63) is 5.82 Å². The van der Waals surface area contributed by atoms with Gasteiger partial charge in [0, 0.05) is 19.4 Å². The topological polar surface area (TPSA) is 83.6 Å². The second-order valence-corrected chi connectivity index (χ2v) is 2.30. The molecule has 0 unspecified atom stereocenters. The average molecular weight is 169 g/mol. The monoisotopic (exact) mass is 169 g/mol. The Balaban J connectivity index is 2.15. The highest BCUT2D eigenvalue weighted by Crippen LogP contribution is 1.83. The number of carbonyl (C=O) groups is 1. The minimum absolute atomic E-state index is 0.0440. The first-order chi connectivity index (χ1) is 5.83. The third kappa shape index (κ3) is 2.65. The number of amides is 1. The zero-order chi connectivity index (χ0) is 8.81. The molecule has 0 aliphatic carbocycles. The first-order valence-electron chi connectivity index (χ1n) is 3.82. The summed E-state index contributed by atoms with van der Waals surface area (Å²) in [6.07, 6.45) is 1.15. The highest BCUT2D eigenvalue weighted by atomic mass is 16.1. The molecule has 1 rings (SSSR count). The summed E-state index contributed by atoms with van der Waals surface area (Å²) in [5.41, 5.74) is 0. The molecule has 0 aromatic carbocycles. The maximum atomic E-state index is 10.8. The van der Waals surface area contributed by atoms with Gasteiger partial charge in [-0.05, 0) is 10.4 Å². The van der Waals surface area contributed by atoms with Crippen molar-refractivity contribution in [1.82, 2.24) is 25.9 Å². The fourth-order valence-electron chi connectivity index (χ4n) is 0.730. The molecule has 0 aliphatic heterocycles. The Bertz CT molecular complexity index is 232. The summed E-state index contributed by atoms with van der Waals surface area (Å²) in [6, 6.07) is 0. The van der Waals surface area contributed by atoms with Gasteiger partial charge in [-0.25, -0.2) is 5.10 Å². The number of H-pyrrole nitrogens is 1. The van der Waals surface area contributed by atoms with Crippen LogP contribution in [-0.4, -0.2) is 33.1 Å². The van der Waals surface area contributed by atoms with E-state index >= 15 is 0 Å². The normalized spacial score (nSPS) is 9.75. The molecule has 66 valence electrons. The standard InChI is InChI=1S/C6H11N5O/c1-2-6(12)7-4-3-5-8-10-11-9-5/h2-4H2,1H3,(H,7,12)(H,8,9,10,11). The van der Waals surface area contributed by atoms with Gasteiger partial charge in [0.15, 0.2) is 0 Å². The summed E-state index contributed by atoms with van der Waals surface area (Å²) in [6.45, 7) is 2.38. The number of carbonyl (C=O) groups excluding carboxylic acids is 1. The van der Waals surface area contributed by atoms with Crippen molar-refractivity contribution in [2.24, 2.45) is 0 Å². The van der Waals surface area contributed by atoms with Gasteiger partial charge in [-0.2, -0.15) is 0 Å². The maximum Gasteiger partial charge on any atom is 0.219 e. The van der Waals surface area contributed by atoms with E-state index in [1.165, 1.54) is 0 Å². The van der Waals surface area contributed by atoms with E-state index in [1.54, 1.807) is 0 Å². The Morgan fingerprint density at radius 2 is 2.50 bits per heavy atom. The van der Waals surface area contributed by atoms with Gasteiger partial charge in [0.05, 0.1) is 0 Å². The van der Waals surface area contributed by atoms with E-state index in [0.717, 1.165) is 0 Å². The van der Waals surface area contributed by atoms with Crippen molar-refractivity contribution in [1.29, 1.82) is 0 Å². The summed E-state index contributed by atoms with van der Waals surface area (Å²) < 4.78 is 0. The molecule has 0 spiro atoms. The second kappa shape index (κ2) is 4.42. The van der Waals surface area contributed by atoms with Crippen molar-refractivity contribution in [3.8, 4) is 0 Å². The molecular formula is C6H11N5O. The van der Waals surface area contributed by atoms with Crippen LogP contribution in [0.25, 0.3) is 0 Å². The lowest BCUT2D eigenvalue weighted by Gasteiger charge is -1.99. The van der Waals surface area contributed by atoms with Gasteiger partial charge in [0.1, 0.15) is 5.82 Å². The summed E-state index contributed by atoms with van der Waals surface area (Å²) in [7, 11) is 0. The number of tetrazole rings is 1. The lowest BCUT2D eigenvalue weighted by molar-refractivity contribution is -0.120. The number of aromatic nitrogens is 4. The molecule has 6 heteroatoms. The second-order valence-electron chi connectivity index (χ2n) is 2.30. The molecule has 6 nitrogen and oxygen atoms in total.